The molecule has 2 amide bonds. The molecule has 0 bridgehead atoms. The first-order valence-electron chi connectivity index (χ1n) is 14.4. The Morgan fingerprint density at radius 2 is 1.80 bits per heavy atom. The molecule has 0 spiro atoms. The fourth-order valence-electron chi connectivity index (χ4n) is 4.55. The average Bonchev–Trinajstić information content (AvgIpc) is 3.42. The molecule has 15 nitrogen and oxygen atoms in total. The molecule has 3 rings (SSSR count). The molecule has 15 heteroatoms. The number of piperidine rings is 1. The van der Waals surface area contributed by atoms with Gasteiger partial charge in [-0.15, -0.1) is 0 Å². The number of carbonyl (C=O) groups excluding carboxylic acids is 3. The highest BCUT2D eigenvalue weighted by Crippen LogP contribution is 2.23. The normalized spacial score (nSPS) is 16.7. The number of benzene rings is 1. The summed E-state index contributed by atoms with van der Waals surface area (Å²) in [5, 5.41) is 17.9. The summed E-state index contributed by atoms with van der Waals surface area (Å²) in [6, 6.07) is 9.17. The first kappa shape index (κ1) is 34.3. The van der Waals surface area contributed by atoms with E-state index in [0.717, 1.165) is 12.7 Å². The van der Waals surface area contributed by atoms with Crippen LogP contribution in [-0.2, 0) is 36.8 Å². The molecule has 0 radical (unpaired) electrons. The number of likely N-dealkylation sites (tertiary alicyclic amines) is 1. The Bertz CT molecular complexity index is 1250. The molecular weight excluding hydrogens is 578 g/mol. The number of esters is 1. The van der Waals surface area contributed by atoms with Crippen molar-refractivity contribution in [3.05, 3.63) is 57.8 Å². The van der Waals surface area contributed by atoms with E-state index in [1.54, 1.807) is 4.90 Å². The highest BCUT2D eigenvalue weighted by atomic mass is 16.6. The number of alkyl carbamates (subject to hydrolysis) is 1. The number of nitro groups is 1. The molecule has 0 aliphatic carbocycles. The summed E-state index contributed by atoms with van der Waals surface area (Å²) in [5.74, 6) is -1.52. The van der Waals surface area contributed by atoms with E-state index in [2.05, 4.69) is 15.2 Å². The van der Waals surface area contributed by atoms with Crippen LogP contribution in [0.2, 0.25) is 0 Å². The number of amides is 2. The van der Waals surface area contributed by atoms with Crippen LogP contribution in [0.25, 0.3) is 0 Å². The molecule has 2 atom stereocenters. The van der Waals surface area contributed by atoms with E-state index in [1.807, 2.05) is 51.1 Å². The first-order chi connectivity index (χ1) is 21.0. The number of methoxy groups -OCH3 is 1. The fourth-order valence-corrected chi connectivity index (χ4v) is 4.55. The van der Waals surface area contributed by atoms with Crippen molar-refractivity contribution in [2.45, 2.75) is 58.4 Å². The van der Waals surface area contributed by atoms with Crippen LogP contribution in [0.1, 0.15) is 49.5 Å². The number of nitrogens with zero attached hydrogens (tertiary/aromatic N) is 4. The van der Waals surface area contributed by atoms with Crippen molar-refractivity contribution >= 4 is 24.0 Å². The summed E-state index contributed by atoms with van der Waals surface area (Å²) in [4.78, 5) is 49.0. The molecule has 2 heterocycles. The van der Waals surface area contributed by atoms with Crippen LogP contribution in [0, 0.1) is 16.0 Å². The van der Waals surface area contributed by atoms with E-state index >= 15 is 0 Å². The van der Waals surface area contributed by atoms with Gasteiger partial charge in [0.25, 0.3) is 0 Å². The Morgan fingerprint density at radius 1 is 1.09 bits per heavy atom. The van der Waals surface area contributed by atoms with Gasteiger partial charge in [0, 0.05) is 25.7 Å². The maximum atomic E-state index is 12.7. The number of hydrogen-bond acceptors (Lipinski definition) is 11. The van der Waals surface area contributed by atoms with Crippen LogP contribution >= 0.6 is 0 Å². The second-order valence-electron chi connectivity index (χ2n) is 11.2. The second kappa shape index (κ2) is 16.6. The van der Waals surface area contributed by atoms with Gasteiger partial charge >= 0.3 is 24.0 Å². The quantitative estimate of drug-likeness (QED) is 0.108. The number of rotatable bonds is 14. The van der Waals surface area contributed by atoms with Crippen molar-refractivity contribution in [1.29, 1.82) is 0 Å². The zero-order chi connectivity index (χ0) is 32.1. The van der Waals surface area contributed by atoms with Crippen molar-refractivity contribution in [3.63, 3.8) is 0 Å². The summed E-state index contributed by atoms with van der Waals surface area (Å²) in [5.41, 5.74) is 0.0272. The maximum absolute atomic E-state index is 12.7. The lowest BCUT2D eigenvalue weighted by molar-refractivity contribution is -0.390. The fraction of sp³-hybridized carbons (Fsp3) is 0.586. The number of aromatic nitrogens is 2. The minimum absolute atomic E-state index is 0.0962. The lowest BCUT2D eigenvalue weighted by Gasteiger charge is -2.39. The van der Waals surface area contributed by atoms with E-state index in [-0.39, 0.29) is 50.5 Å². The zero-order valence-electron chi connectivity index (χ0n) is 25.6. The maximum Gasteiger partial charge on any atom is 0.410 e. The smallest absolute Gasteiger partial charge is 0.410 e. The molecule has 1 aromatic heterocycles. The number of hydrogen-bond donors (Lipinski definition) is 1. The standard InChI is InChI=1S/C29H41N5O10/c1-29(2,3)44-28(37)32-12-10-24(30-27(36)43-20-21-8-6-5-7-9-21)22(18-32)11-14-41-16-17-42-15-13-33-19-23(26(35)40-4)25(31-33)34(38)39/h5-9,19,22,24H,10-18,20H2,1-4H3,(H,30,36)/t22-,24-/m1/s1. The molecule has 1 aliphatic rings. The SMILES string of the molecule is COC(=O)c1cn(CCOCCOCC[C@@H]2CN(C(=O)OC(C)(C)C)CC[C@H]2NC(=O)OCc2ccccc2)nc1[N+](=O)[O-]. The van der Waals surface area contributed by atoms with Gasteiger partial charge in [-0.25, -0.2) is 14.4 Å². The number of carbonyl (C=O) groups is 3. The van der Waals surface area contributed by atoms with Gasteiger partial charge in [0.1, 0.15) is 12.2 Å². The third-order valence-electron chi connectivity index (χ3n) is 6.69. The van der Waals surface area contributed by atoms with Gasteiger partial charge in [-0.3, -0.25) is 0 Å². The monoisotopic (exact) mass is 619 g/mol. The Balaban J connectivity index is 1.44. The highest BCUT2D eigenvalue weighted by Gasteiger charge is 2.34. The molecule has 1 aromatic carbocycles. The van der Waals surface area contributed by atoms with Crippen LogP contribution in [0.3, 0.4) is 0 Å². The van der Waals surface area contributed by atoms with Crippen molar-refractivity contribution in [3.8, 4) is 0 Å². The Labute approximate surface area is 255 Å². The molecule has 242 valence electrons. The number of nitrogens with one attached hydrogen (secondary N) is 1. The van der Waals surface area contributed by atoms with Gasteiger partial charge in [0.15, 0.2) is 5.56 Å². The zero-order valence-corrected chi connectivity index (χ0v) is 25.6. The average molecular weight is 620 g/mol. The summed E-state index contributed by atoms with van der Waals surface area (Å²) in [6.45, 7) is 7.70. The molecule has 1 N–H and O–H groups in total. The summed E-state index contributed by atoms with van der Waals surface area (Å²) in [6.07, 6.45) is 1.43. The Kier molecular flexibility index (Phi) is 12.9. The molecule has 0 saturated carbocycles. The van der Waals surface area contributed by atoms with Gasteiger partial charge in [-0.05, 0) is 50.0 Å². The molecule has 2 aromatic rings. The van der Waals surface area contributed by atoms with E-state index in [4.69, 9.17) is 18.9 Å². The van der Waals surface area contributed by atoms with Crippen molar-refractivity contribution in [1.82, 2.24) is 20.0 Å². The lowest BCUT2D eigenvalue weighted by atomic mass is 9.90. The van der Waals surface area contributed by atoms with Crippen LogP contribution in [0.4, 0.5) is 15.4 Å². The van der Waals surface area contributed by atoms with Gasteiger partial charge in [0.05, 0.1) is 44.8 Å². The minimum atomic E-state index is -0.842. The second-order valence-corrected chi connectivity index (χ2v) is 11.2. The van der Waals surface area contributed by atoms with Gasteiger partial charge in [0.2, 0.25) is 0 Å². The first-order valence-corrected chi connectivity index (χ1v) is 14.4. The lowest BCUT2D eigenvalue weighted by Crippen LogP contribution is -2.53. The summed E-state index contributed by atoms with van der Waals surface area (Å²) < 4.78 is 28.0. The third-order valence-corrected chi connectivity index (χ3v) is 6.69. The van der Waals surface area contributed by atoms with Crippen LogP contribution in [-0.4, -0.2) is 96.0 Å². The highest BCUT2D eigenvalue weighted by molar-refractivity contribution is 5.92. The van der Waals surface area contributed by atoms with Gasteiger partial charge < -0.3 is 44.0 Å². The number of ether oxygens (including phenoxy) is 5. The summed E-state index contributed by atoms with van der Waals surface area (Å²) in [7, 11) is 1.13. The Morgan fingerprint density at radius 3 is 2.45 bits per heavy atom. The van der Waals surface area contributed by atoms with Crippen molar-refractivity contribution in [2.24, 2.45) is 5.92 Å². The van der Waals surface area contributed by atoms with Crippen LogP contribution in [0.15, 0.2) is 36.5 Å². The largest absolute Gasteiger partial charge is 0.465 e. The molecule has 0 unspecified atom stereocenters. The van der Waals surface area contributed by atoms with E-state index in [9.17, 15) is 24.5 Å². The van der Waals surface area contributed by atoms with Gasteiger partial charge in [-0.1, -0.05) is 30.3 Å². The van der Waals surface area contributed by atoms with E-state index < -0.39 is 34.5 Å². The van der Waals surface area contributed by atoms with Gasteiger partial charge in [-0.2, -0.15) is 4.68 Å². The molecule has 1 aliphatic heterocycles. The van der Waals surface area contributed by atoms with E-state index in [0.29, 0.717) is 32.5 Å². The molecular formula is C29H41N5O10. The molecule has 1 saturated heterocycles. The van der Waals surface area contributed by atoms with E-state index in [1.165, 1.54) is 10.9 Å². The molecule has 44 heavy (non-hydrogen) atoms. The third kappa shape index (κ3) is 11.1. The van der Waals surface area contributed by atoms with Crippen LogP contribution < -0.4 is 5.32 Å². The minimum Gasteiger partial charge on any atom is -0.465 e. The van der Waals surface area contributed by atoms with Crippen molar-refractivity contribution in [2.75, 3.05) is 46.6 Å². The predicted molar refractivity (Wildman–Crippen MR) is 156 cm³/mol. The molecule has 1 fully saturated rings. The van der Waals surface area contributed by atoms with Crippen molar-refractivity contribution < 1.29 is 43.0 Å². The predicted octanol–water partition coefficient (Wildman–Crippen LogP) is 3.55. The Hall–Kier alpha value is -4.24. The van der Waals surface area contributed by atoms with Crippen LogP contribution in [0.5, 0.6) is 0 Å². The topological polar surface area (TPSA) is 174 Å². The summed E-state index contributed by atoms with van der Waals surface area (Å²) >= 11 is 0.